The molecule has 2 aliphatic heterocycles. The summed E-state index contributed by atoms with van der Waals surface area (Å²) in [5.74, 6) is 0.310. The van der Waals surface area contributed by atoms with E-state index in [9.17, 15) is 9.59 Å². The molecule has 0 saturated carbocycles. The number of amidine groups is 2. The summed E-state index contributed by atoms with van der Waals surface area (Å²) in [7, 11) is 0. The fraction of sp³-hybridized carbons (Fsp3) is 0.261. The first-order valence-corrected chi connectivity index (χ1v) is 12.6. The Morgan fingerprint density at radius 2 is 1.97 bits per heavy atom. The SMILES string of the molecule is CCc1nn2c(=O)cc(COc3ccc(/C=C4\C(=N)N5N=C(C(C)C)SC5=NC4=O)cc3)nc2s1. The first-order chi connectivity index (χ1) is 16.8. The predicted molar refractivity (Wildman–Crippen MR) is 137 cm³/mol. The van der Waals surface area contributed by atoms with Gasteiger partial charge in [0, 0.05) is 12.0 Å². The van der Waals surface area contributed by atoms with Gasteiger partial charge < -0.3 is 4.74 Å². The smallest absolute Gasteiger partial charge is 0.283 e. The summed E-state index contributed by atoms with van der Waals surface area (Å²) in [6.45, 7) is 6.12. The lowest BCUT2D eigenvalue weighted by atomic mass is 10.1. The van der Waals surface area contributed by atoms with E-state index in [4.69, 9.17) is 10.1 Å². The van der Waals surface area contributed by atoms with Crippen LogP contribution in [-0.2, 0) is 17.8 Å². The number of carbonyl (C=O) groups excluding carboxylic acids is 1. The van der Waals surface area contributed by atoms with Crippen molar-refractivity contribution in [3.8, 4) is 5.75 Å². The molecule has 2 aliphatic rings. The van der Waals surface area contributed by atoms with Crippen molar-refractivity contribution < 1.29 is 9.53 Å². The van der Waals surface area contributed by atoms with Crippen LogP contribution in [0.2, 0.25) is 0 Å². The number of aliphatic imine (C=N–C) groups is 1. The van der Waals surface area contributed by atoms with Gasteiger partial charge >= 0.3 is 0 Å². The highest BCUT2D eigenvalue weighted by atomic mass is 32.2. The molecule has 5 rings (SSSR count). The quantitative estimate of drug-likeness (QED) is 0.506. The van der Waals surface area contributed by atoms with E-state index in [0.29, 0.717) is 21.6 Å². The maximum atomic E-state index is 12.5. The molecule has 3 aromatic rings. The van der Waals surface area contributed by atoms with Gasteiger partial charge in [0.2, 0.25) is 10.1 Å². The van der Waals surface area contributed by atoms with Gasteiger partial charge in [-0.3, -0.25) is 15.0 Å². The largest absolute Gasteiger partial charge is 0.487 e. The van der Waals surface area contributed by atoms with Crippen molar-refractivity contribution in [2.75, 3.05) is 0 Å². The molecule has 0 aliphatic carbocycles. The van der Waals surface area contributed by atoms with Gasteiger partial charge in [-0.2, -0.15) is 24.7 Å². The summed E-state index contributed by atoms with van der Waals surface area (Å²) in [6, 6.07) is 8.50. The molecule has 12 heteroatoms. The van der Waals surface area contributed by atoms with E-state index >= 15 is 0 Å². The standard InChI is InChI=1S/C23H21N7O3S2/c1-4-17-27-29-18(31)10-14(25-22(29)34-17)11-33-15-7-5-13(6-8-15)9-16-19(24)30-23(26-20(16)32)35-21(28-30)12(2)3/h5-10,12,24H,4,11H2,1-3H3/b16-9+,24-19?. The van der Waals surface area contributed by atoms with E-state index in [2.05, 4.69) is 20.2 Å². The number of thioether (sulfide) groups is 1. The van der Waals surface area contributed by atoms with Crippen molar-refractivity contribution in [3.63, 3.8) is 0 Å². The van der Waals surface area contributed by atoms with E-state index in [1.807, 2.05) is 20.8 Å². The van der Waals surface area contributed by atoms with Gasteiger partial charge in [-0.25, -0.2) is 4.98 Å². The number of nitrogens with one attached hydrogen (secondary N) is 1. The van der Waals surface area contributed by atoms with Crippen LogP contribution in [-0.4, -0.2) is 41.6 Å². The molecule has 0 saturated heterocycles. The van der Waals surface area contributed by atoms with Crippen molar-refractivity contribution in [1.82, 2.24) is 19.6 Å². The normalized spacial score (nSPS) is 16.8. The Morgan fingerprint density at radius 3 is 2.69 bits per heavy atom. The lowest BCUT2D eigenvalue weighted by Gasteiger charge is -2.20. The van der Waals surface area contributed by atoms with Crippen LogP contribution in [0.3, 0.4) is 0 Å². The molecule has 1 aromatic carbocycles. The molecule has 4 heterocycles. The number of rotatable bonds is 6. The topological polar surface area (TPSA) is 125 Å². The van der Waals surface area contributed by atoms with Crippen LogP contribution in [0.25, 0.3) is 11.0 Å². The average molecular weight is 508 g/mol. The van der Waals surface area contributed by atoms with Gasteiger partial charge in [-0.1, -0.05) is 44.2 Å². The molecule has 35 heavy (non-hydrogen) atoms. The van der Waals surface area contributed by atoms with Gasteiger partial charge in [-0.15, -0.1) is 0 Å². The maximum Gasteiger partial charge on any atom is 0.283 e. The lowest BCUT2D eigenvalue weighted by molar-refractivity contribution is -0.114. The van der Waals surface area contributed by atoms with Crippen molar-refractivity contribution in [2.45, 2.75) is 33.8 Å². The Morgan fingerprint density at radius 1 is 1.20 bits per heavy atom. The predicted octanol–water partition coefficient (Wildman–Crippen LogP) is 3.57. The molecule has 10 nitrogen and oxygen atoms in total. The molecule has 178 valence electrons. The van der Waals surface area contributed by atoms with Gasteiger partial charge in [-0.05, 0) is 42.0 Å². The summed E-state index contributed by atoms with van der Waals surface area (Å²) < 4.78 is 7.11. The highest BCUT2D eigenvalue weighted by Gasteiger charge is 2.36. The zero-order valence-corrected chi connectivity index (χ0v) is 20.8. The van der Waals surface area contributed by atoms with Crippen molar-refractivity contribution in [1.29, 1.82) is 5.41 Å². The zero-order valence-electron chi connectivity index (χ0n) is 19.2. The van der Waals surface area contributed by atoms with Crippen LogP contribution < -0.4 is 10.3 Å². The Kier molecular flexibility index (Phi) is 6.07. The average Bonchev–Trinajstić information content (AvgIpc) is 3.46. The minimum Gasteiger partial charge on any atom is -0.487 e. The molecule has 1 amide bonds. The fourth-order valence-corrected chi connectivity index (χ4v) is 5.09. The third kappa shape index (κ3) is 4.54. The second kappa shape index (κ2) is 9.19. The summed E-state index contributed by atoms with van der Waals surface area (Å²) >= 11 is 2.70. The number of carbonyl (C=O) groups is 1. The number of aryl methyl sites for hydroxylation is 1. The summed E-state index contributed by atoms with van der Waals surface area (Å²) in [4.78, 5) is 33.9. The van der Waals surface area contributed by atoms with Crippen molar-refractivity contribution >= 4 is 56.1 Å². The molecule has 0 bridgehead atoms. The number of ether oxygens (including phenoxy) is 1. The van der Waals surface area contributed by atoms with E-state index in [0.717, 1.165) is 22.0 Å². The summed E-state index contributed by atoms with van der Waals surface area (Å²) in [5.41, 5.74) is 1.18. The number of hydrogen-bond donors (Lipinski definition) is 1. The number of amides is 1. The van der Waals surface area contributed by atoms with Gasteiger partial charge in [0.05, 0.1) is 11.3 Å². The molecule has 0 atom stereocenters. The zero-order chi connectivity index (χ0) is 24.7. The summed E-state index contributed by atoms with van der Waals surface area (Å²) in [5, 5.41) is 20.6. The van der Waals surface area contributed by atoms with E-state index in [-0.39, 0.29) is 29.5 Å². The van der Waals surface area contributed by atoms with Crippen LogP contribution in [0.4, 0.5) is 0 Å². The number of hydrazone groups is 1. The first-order valence-electron chi connectivity index (χ1n) is 10.9. The summed E-state index contributed by atoms with van der Waals surface area (Å²) in [6.07, 6.45) is 2.36. The minimum atomic E-state index is -0.462. The second-order valence-corrected chi connectivity index (χ2v) is 10.1. The van der Waals surface area contributed by atoms with Gasteiger partial charge in [0.1, 0.15) is 22.4 Å². The van der Waals surface area contributed by atoms with Crippen LogP contribution in [0.15, 0.2) is 50.8 Å². The number of fused-ring (bicyclic) bond motifs is 2. The van der Waals surface area contributed by atoms with Crippen molar-refractivity contribution in [2.24, 2.45) is 16.0 Å². The highest BCUT2D eigenvalue weighted by Crippen LogP contribution is 2.31. The van der Waals surface area contributed by atoms with Crippen LogP contribution in [0.5, 0.6) is 5.75 Å². The molecule has 0 unspecified atom stereocenters. The Balaban J connectivity index is 1.30. The molecule has 0 spiro atoms. The van der Waals surface area contributed by atoms with E-state index in [1.165, 1.54) is 38.7 Å². The molecule has 1 N–H and O–H groups in total. The second-order valence-electron chi connectivity index (χ2n) is 8.10. The van der Waals surface area contributed by atoms with Gasteiger partial charge in [0.25, 0.3) is 11.5 Å². The number of hydrogen-bond acceptors (Lipinski definition) is 9. The molecule has 2 aromatic heterocycles. The van der Waals surface area contributed by atoms with Gasteiger partial charge in [0.15, 0.2) is 5.84 Å². The molecular weight excluding hydrogens is 486 g/mol. The Bertz CT molecular complexity index is 1500. The monoisotopic (exact) mass is 507 g/mol. The number of benzene rings is 1. The lowest BCUT2D eigenvalue weighted by Crippen LogP contribution is -2.35. The van der Waals surface area contributed by atoms with Crippen LogP contribution in [0.1, 0.15) is 37.0 Å². The molecule has 0 fully saturated rings. The number of nitrogens with zero attached hydrogens (tertiary/aromatic N) is 6. The van der Waals surface area contributed by atoms with Crippen LogP contribution >= 0.6 is 23.1 Å². The maximum absolute atomic E-state index is 12.5. The van der Waals surface area contributed by atoms with Crippen LogP contribution in [0, 0.1) is 11.3 Å². The number of aromatic nitrogens is 3. The minimum absolute atomic E-state index is 0.00512. The third-order valence-corrected chi connectivity index (χ3v) is 7.45. The molecular formula is C23H21N7O3S2. The van der Waals surface area contributed by atoms with E-state index in [1.54, 1.807) is 30.3 Å². The van der Waals surface area contributed by atoms with E-state index < -0.39 is 5.91 Å². The van der Waals surface area contributed by atoms with Crippen molar-refractivity contribution in [3.05, 3.63) is 62.5 Å². The fourth-order valence-electron chi connectivity index (χ4n) is 3.34. The Labute approximate surface area is 208 Å². The Hall–Kier alpha value is -3.64. The highest BCUT2D eigenvalue weighted by molar-refractivity contribution is 8.27. The first kappa shape index (κ1) is 23.1. The third-order valence-electron chi connectivity index (χ3n) is 5.18. The molecule has 0 radical (unpaired) electrons.